The van der Waals surface area contributed by atoms with Crippen molar-refractivity contribution in [2.45, 2.75) is 32.7 Å². The van der Waals surface area contributed by atoms with E-state index < -0.39 is 0 Å². The zero-order chi connectivity index (χ0) is 15.4. The number of likely N-dealkylation sites (N-methyl/N-ethyl adjacent to an activating group) is 1. The molecule has 2 aromatic rings. The minimum atomic E-state index is -0.389. The Morgan fingerprint density at radius 2 is 2.14 bits per heavy atom. The minimum Gasteiger partial charge on any atom is -0.339 e. The highest BCUT2D eigenvalue weighted by atomic mass is 35.5. The lowest BCUT2D eigenvalue weighted by Crippen LogP contribution is -2.29. The zero-order valence-electron chi connectivity index (χ0n) is 12.4. The summed E-state index contributed by atoms with van der Waals surface area (Å²) in [5.41, 5.74) is 0.568. The van der Waals surface area contributed by atoms with Crippen molar-refractivity contribution < 1.29 is 8.91 Å². The summed E-state index contributed by atoms with van der Waals surface area (Å²) in [5.74, 6) is 1.12. The molecule has 114 valence electrons. The molecule has 0 spiro atoms. The molecule has 0 saturated heterocycles. The van der Waals surface area contributed by atoms with Gasteiger partial charge < -0.3 is 9.84 Å². The monoisotopic (exact) mass is 311 g/mol. The molecule has 0 aliphatic heterocycles. The van der Waals surface area contributed by atoms with Gasteiger partial charge in [-0.25, -0.2) is 4.39 Å². The van der Waals surface area contributed by atoms with Crippen LogP contribution in [0.15, 0.2) is 22.7 Å². The van der Waals surface area contributed by atoms with Crippen LogP contribution in [-0.4, -0.2) is 23.2 Å². The van der Waals surface area contributed by atoms with Crippen molar-refractivity contribution in [1.82, 2.24) is 15.5 Å². The van der Waals surface area contributed by atoms with Crippen LogP contribution in [0.25, 0.3) is 11.4 Å². The van der Waals surface area contributed by atoms with Gasteiger partial charge in [-0.05, 0) is 37.6 Å². The van der Waals surface area contributed by atoms with Gasteiger partial charge in [-0.1, -0.05) is 30.6 Å². The molecule has 1 unspecified atom stereocenters. The summed E-state index contributed by atoms with van der Waals surface area (Å²) in [6.45, 7) is 4.34. The fourth-order valence-corrected chi connectivity index (χ4v) is 2.45. The van der Waals surface area contributed by atoms with Crippen LogP contribution in [0.1, 0.15) is 26.2 Å². The highest BCUT2D eigenvalue weighted by molar-refractivity contribution is 6.33. The molecule has 0 aliphatic rings. The Kier molecular flexibility index (Phi) is 5.31. The summed E-state index contributed by atoms with van der Waals surface area (Å²) in [6, 6.07) is 4.40. The molecule has 1 heterocycles. The lowest BCUT2D eigenvalue weighted by molar-refractivity contribution is 0.345. The molecule has 0 radical (unpaired) electrons. The molecule has 0 bridgehead atoms. The second kappa shape index (κ2) is 7.00. The number of halogens is 2. The second-order valence-electron chi connectivity index (χ2n) is 5.46. The van der Waals surface area contributed by atoms with E-state index in [0.29, 0.717) is 29.6 Å². The summed E-state index contributed by atoms with van der Waals surface area (Å²) in [4.78, 5) is 4.34. The minimum absolute atomic E-state index is 0.273. The van der Waals surface area contributed by atoms with Gasteiger partial charge in [0.05, 0.1) is 5.02 Å². The van der Waals surface area contributed by atoms with E-state index in [-0.39, 0.29) is 16.9 Å². The van der Waals surface area contributed by atoms with Crippen molar-refractivity contribution in [3.05, 3.63) is 34.9 Å². The van der Waals surface area contributed by atoms with E-state index in [1.54, 1.807) is 6.07 Å². The lowest BCUT2D eigenvalue weighted by Gasteiger charge is -2.15. The Morgan fingerprint density at radius 3 is 2.76 bits per heavy atom. The maximum Gasteiger partial charge on any atom is 0.228 e. The van der Waals surface area contributed by atoms with Crippen LogP contribution in [-0.2, 0) is 6.42 Å². The van der Waals surface area contributed by atoms with Gasteiger partial charge in [0.25, 0.3) is 0 Å². The van der Waals surface area contributed by atoms with Gasteiger partial charge in [0.15, 0.2) is 0 Å². The van der Waals surface area contributed by atoms with Crippen LogP contribution < -0.4 is 5.32 Å². The average Bonchev–Trinajstić information content (AvgIpc) is 2.85. The molecule has 1 atom stereocenters. The summed E-state index contributed by atoms with van der Waals surface area (Å²) in [7, 11) is 1.92. The fraction of sp³-hybridized carbons (Fsp3) is 0.467. The normalized spacial score (nSPS) is 12.9. The van der Waals surface area contributed by atoms with Crippen LogP contribution in [0.3, 0.4) is 0 Å². The molecule has 6 heteroatoms. The van der Waals surface area contributed by atoms with Crippen molar-refractivity contribution in [3.8, 4) is 11.4 Å². The molecule has 1 N–H and O–H groups in total. The Hall–Kier alpha value is -1.46. The van der Waals surface area contributed by atoms with Crippen molar-refractivity contribution in [3.63, 3.8) is 0 Å². The Labute approximate surface area is 128 Å². The molecule has 2 rings (SSSR count). The van der Waals surface area contributed by atoms with Gasteiger partial charge in [-0.3, -0.25) is 0 Å². The van der Waals surface area contributed by atoms with E-state index in [4.69, 9.17) is 16.1 Å². The van der Waals surface area contributed by atoms with E-state index >= 15 is 0 Å². The van der Waals surface area contributed by atoms with Crippen LogP contribution in [0.4, 0.5) is 4.39 Å². The maximum atomic E-state index is 13.1. The Balaban J connectivity index is 2.14. The second-order valence-corrected chi connectivity index (χ2v) is 5.86. The van der Waals surface area contributed by atoms with Crippen molar-refractivity contribution >= 4 is 11.6 Å². The summed E-state index contributed by atoms with van der Waals surface area (Å²) >= 11 is 6.00. The van der Waals surface area contributed by atoms with E-state index in [1.165, 1.54) is 12.1 Å². The van der Waals surface area contributed by atoms with Gasteiger partial charge in [-0.15, -0.1) is 0 Å². The molecule has 0 saturated carbocycles. The number of nitrogens with zero attached hydrogens (tertiary/aromatic N) is 2. The number of benzene rings is 1. The maximum absolute atomic E-state index is 13.1. The number of rotatable bonds is 6. The van der Waals surface area contributed by atoms with Gasteiger partial charge in [0.1, 0.15) is 5.82 Å². The number of hydrogen-bond donors (Lipinski definition) is 1. The van der Waals surface area contributed by atoms with E-state index in [2.05, 4.69) is 29.3 Å². The zero-order valence-corrected chi connectivity index (χ0v) is 13.1. The topological polar surface area (TPSA) is 51.0 Å². The van der Waals surface area contributed by atoms with Gasteiger partial charge in [0, 0.05) is 18.0 Å². The molecule has 0 fully saturated rings. The first-order chi connectivity index (χ1) is 9.99. The third-order valence-corrected chi connectivity index (χ3v) is 3.54. The molecule has 0 amide bonds. The highest BCUT2D eigenvalue weighted by Crippen LogP contribution is 2.26. The lowest BCUT2D eigenvalue weighted by atomic mass is 10.0. The molecular weight excluding hydrogens is 293 g/mol. The molecule has 0 aliphatic carbocycles. The van der Waals surface area contributed by atoms with Crippen LogP contribution in [0, 0.1) is 11.7 Å². The van der Waals surface area contributed by atoms with Crippen molar-refractivity contribution in [1.29, 1.82) is 0 Å². The first kappa shape index (κ1) is 15.9. The van der Waals surface area contributed by atoms with E-state index in [1.807, 2.05) is 7.05 Å². The van der Waals surface area contributed by atoms with Gasteiger partial charge in [-0.2, -0.15) is 4.98 Å². The van der Waals surface area contributed by atoms with Crippen molar-refractivity contribution in [2.24, 2.45) is 5.92 Å². The molecular formula is C15H19ClFN3O. The van der Waals surface area contributed by atoms with Gasteiger partial charge >= 0.3 is 0 Å². The van der Waals surface area contributed by atoms with E-state index in [0.717, 1.165) is 6.42 Å². The quantitative estimate of drug-likeness (QED) is 0.883. The van der Waals surface area contributed by atoms with E-state index in [9.17, 15) is 4.39 Å². The standard InChI is InChI=1S/C15H19ClFN3O/c1-9(2)6-11(18-3)8-14-19-15(20-21-14)12-5-4-10(17)7-13(12)16/h4-5,7,9,11,18H,6,8H2,1-3H3. The Bertz CT molecular complexity index is 600. The SMILES string of the molecule is CNC(Cc1nc(-c2ccc(F)cc2Cl)no1)CC(C)C. The number of hydrogen-bond acceptors (Lipinski definition) is 4. The summed E-state index contributed by atoms with van der Waals surface area (Å²) < 4.78 is 18.3. The van der Waals surface area contributed by atoms with Crippen LogP contribution in [0.2, 0.25) is 5.02 Å². The summed E-state index contributed by atoms with van der Waals surface area (Å²) in [5, 5.41) is 7.44. The third-order valence-electron chi connectivity index (χ3n) is 3.23. The fourth-order valence-electron chi connectivity index (χ4n) is 2.20. The highest BCUT2D eigenvalue weighted by Gasteiger charge is 2.16. The molecule has 1 aromatic carbocycles. The number of nitrogens with one attached hydrogen (secondary N) is 1. The van der Waals surface area contributed by atoms with Crippen LogP contribution >= 0.6 is 11.6 Å². The molecule has 4 nitrogen and oxygen atoms in total. The predicted molar refractivity (Wildman–Crippen MR) is 80.7 cm³/mol. The predicted octanol–water partition coefficient (Wildman–Crippen LogP) is 3.71. The molecule has 21 heavy (non-hydrogen) atoms. The smallest absolute Gasteiger partial charge is 0.228 e. The van der Waals surface area contributed by atoms with Gasteiger partial charge in [0.2, 0.25) is 11.7 Å². The summed E-state index contributed by atoms with van der Waals surface area (Å²) in [6.07, 6.45) is 1.67. The Morgan fingerprint density at radius 1 is 1.38 bits per heavy atom. The first-order valence-electron chi connectivity index (χ1n) is 6.95. The number of aromatic nitrogens is 2. The average molecular weight is 312 g/mol. The first-order valence-corrected chi connectivity index (χ1v) is 7.32. The van der Waals surface area contributed by atoms with Crippen molar-refractivity contribution in [2.75, 3.05) is 7.05 Å². The molecule has 1 aromatic heterocycles. The third kappa shape index (κ3) is 4.25. The largest absolute Gasteiger partial charge is 0.339 e. The van der Waals surface area contributed by atoms with Crippen LogP contribution in [0.5, 0.6) is 0 Å².